The molecule has 2 rings (SSSR count). The monoisotopic (exact) mass is 440 g/mol. The fourth-order valence-electron chi connectivity index (χ4n) is 2.36. The molecule has 1 amide bonds. The van der Waals surface area contributed by atoms with Crippen LogP contribution in [0.1, 0.15) is 24.2 Å². The van der Waals surface area contributed by atoms with Crippen LogP contribution in [0.5, 0.6) is 5.75 Å². The van der Waals surface area contributed by atoms with E-state index in [9.17, 15) is 18.0 Å². The van der Waals surface area contributed by atoms with E-state index in [0.717, 1.165) is 0 Å². The third-order valence-corrected chi connectivity index (χ3v) is 5.60. The van der Waals surface area contributed by atoms with Gasteiger partial charge in [0.25, 0.3) is 0 Å². The Morgan fingerprint density at radius 2 is 1.79 bits per heavy atom. The van der Waals surface area contributed by atoms with Gasteiger partial charge in [0.2, 0.25) is 15.9 Å². The number of nitrogens with one attached hydrogen (secondary N) is 2. The maximum absolute atomic E-state index is 12.6. The summed E-state index contributed by atoms with van der Waals surface area (Å²) in [5.74, 6) is -0.954. The molecule has 0 bridgehead atoms. The van der Waals surface area contributed by atoms with Crippen LogP contribution in [-0.2, 0) is 19.6 Å². The van der Waals surface area contributed by atoms with Gasteiger partial charge in [-0.2, -0.15) is 4.72 Å². The molecule has 0 unspecified atom stereocenters. The van der Waals surface area contributed by atoms with E-state index in [1.807, 2.05) is 0 Å². The number of halogens is 1. The number of amides is 1. The number of methoxy groups -OCH3 is 1. The lowest BCUT2D eigenvalue weighted by Gasteiger charge is -2.16. The highest BCUT2D eigenvalue weighted by molar-refractivity contribution is 7.89. The van der Waals surface area contributed by atoms with Crippen molar-refractivity contribution in [2.24, 2.45) is 0 Å². The summed E-state index contributed by atoms with van der Waals surface area (Å²) < 4.78 is 37.5. The zero-order chi connectivity index (χ0) is 21.6. The van der Waals surface area contributed by atoms with Crippen molar-refractivity contribution in [1.82, 2.24) is 4.72 Å². The highest BCUT2D eigenvalue weighted by Gasteiger charge is 2.25. The van der Waals surface area contributed by atoms with Gasteiger partial charge in [-0.25, -0.2) is 13.2 Å². The fraction of sp³-hybridized carbons (Fsp3) is 0.263. The number of carbonyl (C=O) groups is 2. The van der Waals surface area contributed by atoms with Gasteiger partial charge in [0.05, 0.1) is 25.3 Å². The third kappa shape index (κ3) is 5.93. The second-order valence-corrected chi connectivity index (χ2v) is 8.04. The van der Waals surface area contributed by atoms with E-state index in [2.05, 4.69) is 10.0 Å². The van der Waals surface area contributed by atoms with Crippen molar-refractivity contribution in [3.8, 4) is 5.75 Å². The van der Waals surface area contributed by atoms with Gasteiger partial charge in [-0.05, 0) is 56.3 Å². The van der Waals surface area contributed by atoms with E-state index in [-0.39, 0.29) is 22.3 Å². The number of carbonyl (C=O) groups excluding carboxylic acids is 2. The maximum Gasteiger partial charge on any atom is 0.338 e. The van der Waals surface area contributed by atoms with E-state index >= 15 is 0 Å². The average Bonchev–Trinajstić information content (AvgIpc) is 2.68. The first-order valence-electron chi connectivity index (χ1n) is 8.62. The van der Waals surface area contributed by atoms with Crippen molar-refractivity contribution in [2.75, 3.05) is 19.0 Å². The summed E-state index contributed by atoms with van der Waals surface area (Å²) in [4.78, 5) is 23.9. The Bertz CT molecular complexity index is 992. The first kappa shape index (κ1) is 22.7. The molecule has 0 aliphatic carbocycles. The minimum Gasteiger partial charge on any atom is -0.495 e. The van der Waals surface area contributed by atoms with Crippen LogP contribution in [-0.4, -0.2) is 40.1 Å². The molecule has 156 valence electrons. The Morgan fingerprint density at radius 1 is 1.14 bits per heavy atom. The molecule has 29 heavy (non-hydrogen) atoms. The van der Waals surface area contributed by atoms with E-state index in [1.165, 1.54) is 56.5 Å². The molecule has 1 atom stereocenters. The van der Waals surface area contributed by atoms with Gasteiger partial charge in [-0.3, -0.25) is 4.79 Å². The Hall–Kier alpha value is -2.62. The first-order chi connectivity index (χ1) is 13.7. The Balaban J connectivity index is 2.09. The third-order valence-electron chi connectivity index (χ3n) is 3.80. The molecule has 2 aromatic carbocycles. The van der Waals surface area contributed by atoms with Gasteiger partial charge in [-0.1, -0.05) is 11.6 Å². The summed E-state index contributed by atoms with van der Waals surface area (Å²) in [7, 11) is -2.74. The SMILES string of the molecule is CCOC(=O)c1ccc(NC(=O)[C@H](C)NS(=O)(=O)c2cc(Cl)ccc2OC)cc1. The van der Waals surface area contributed by atoms with Crippen LogP contribution in [0.15, 0.2) is 47.4 Å². The molecule has 2 N–H and O–H groups in total. The van der Waals surface area contributed by atoms with E-state index < -0.39 is 27.9 Å². The summed E-state index contributed by atoms with van der Waals surface area (Å²) in [5.41, 5.74) is 0.737. The molecular weight excluding hydrogens is 420 g/mol. The van der Waals surface area contributed by atoms with Gasteiger partial charge < -0.3 is 14.8 Å². The molecule has 8 nitrogen and oxygen atoms in total. The number of rotatable bonds is 8. The highest BCUT2D eigenvalue weighted by atomic mass is 35.5. The molecule has 0 heterocycles. The molecule has 0 fully saturated rings. The topological polar surface area (TPSA) is 111 Å². The molecule has 0 aromatic heterocycles. The van der Waals surface area contributed by atoms with Gasteiger partial charge >= 0.3 is 5.97 Å². The Labute approximate surface area is 174 Å². The van der Waals surface area contributed by atoms with Crippen LogP contribution in [0, 0.1) is 0 Å². The fourth-order valence-corrected chi connectivity index (χ4v) is 4.00. The number of esters is 1. The van der Waals surface area contributed by atoms with Gasteiger partial charge in [0.15, 0.2) is 0 Å². The smallest absolute Gasteiger partial charge is 0.338 e. The van der Waals surface area contributed by atoms with Crippen LogP contribution < -0.4 is 14.8 Å². The second kappa shape index (κ2) is 9.73. The predicted octanol–water partition coefficient (Wildman–Crippen LogP) is 2.83. The minimum absolute atomic E-state index is 0.101. The summed E-state index contributed by atoms with van der Waals surface area (Å²) in [6.45, 7) is 3.36. The molecule has 0 spiro atoms. The standard InChI is InChI=1S/C19H21ClN2O6S/c1-4-28-19(24)13-5-8-15(9-6-13)21-18(23)12(2)22-29(25,26)17-11-14(20)7-10-16(17)27-3/h5-12,22H,4H2,1-3H3,(H,21,23)/t12-/m0/s1. The van der Waals surface area contributed by atoms with Crippen molar-refractivity contribution in [3.63, 3.8) is 0 Å². The average molecular weight is 441 g/mol. The number of anilines is 1. The Kier molecular flexibility index (Phi) is 7.60. The van der Waals surface area contributed by atoms with Crippen LogP contribution in [0.25, 0.3) is 0 Å². The number of hydrogen-bond acceptors (Lipinski definition) is 6. The summed E-state index contributed by atoms with van der Waals surface area (Å²) in [5, 5.41) is 2.79. The summed E-state index contributed by atoms with van der Waals surface area (Å²) >= 11 is 5.88. The van der Waals surface area contributed by atoms with Crippen LogP contribution in [0.2, 0.25) is 5.02 Å². The lowest BCUT2D eigenvalue weighted by atomic mass is 10.2. The lowest BCUT2D eigenvalue weighted by molar-refractivity contribution is -0.117. The molecular formula is C19H21ClN2O6S. The number of ether oxygens (including phenoxy) is 2. The second-order valence-electron chi connectivity index (χ2n) is 5.93. The molecule has 0 aliphatic rings. The Morgan fingerprint density at radius 3 is 2.38 bits per heavy atom. The number of sulfonamides is 1. The largest absolute Gasteiger partial charge is 0.495 e. The van der Waals surface area contributed by atoms with E-state index in [1.54, 1.807) is 6.92 Å². The van der Waals surface area contributed by atoms with Crippen molar-refractivity contribution in [3.05, 3.63) is 53.1 Å². The molecule has 10 heteroatoms. The van der Waals surface area contributed by atoms with Crippen molar-refractivity contribution >= 4 is 39.2 Å². The summed E-state index contributed by atoms with van der Waals surface area (Å²) in [6, 6.07) is 9.10. The lowest BCUT2D eigenvalue weighted by Crippen LogP contribution is -2.41. The van der Waals surface area contributed by atoms with E-state index in [0.29, 0.717) is 11.3 Å². The van der Waals surface area contributed by atoms with Crippen LogP contribution >= 0.6 is 11.6 Å². The highest BCUT2D eigenvalue weighted by Crippen LogP contribution is 2.27. The zero-order valence-electron chi connectivity index (χ0n) is 16.1. The molecule has 2 aromatic rings. The normalized spacial score (nSPS) is 12.1. The van der Waals surface area contributed by atoms with E-state index in [4.69, 9.17) is 21.1 Å². The zero-order valence-corrected chi connectivity index (χ0v) is 17.6. The number of benzene rings is 2. The molecule has 0 saturated heterocycles. The maximum atomic E-state index is 12.6. The summed E-state index contributed by atoms with van der Waals surface area (Å²) in [6.07, 6.45) is 0. The first-order valence-corrected chi connectivity index (χ1v) is 10.5. The molecule has 0 saturated carbocycles. The molecule has 0 aliphatic heterocycles. The quantitative estimate of drug-likeness (QED) is 0.610. The minimum atomic E-state index is -4.07. The molecule has 0 radical (unpaired) electrons. The van der Waals surface area contributed by atoms with Crippen LogP contribution in [0.3, 0.4) is 0 Å². The number of hydrogen-bond donors (Lipinski definition) is 2. The van der Waals surface area contributed by atoms with Crippen LogP contribution in [0.4, 0.5) is 5.69 Å². The van der Waals surface area contributed by atoms with Crippen molar-refractivity contribution in [2.45, 2.75) is 24.8 Å². The predicted molar refractivity (Wildman–Crippen MR) is 109 cm³/mol. The van der Waals surface area contributed by atoms with Gasteiger partial charge in [0, 0.05) is 10.7 Å². The van der Waals surface area contributed by atoms with Crippen molar-refractivity contribution < 1.29 is 27.5 Å². The van der Waals surface area contributed by atoms with Gasteiger partial charge in [-0.15, -0.1) is 0 Å². The van der Waals surface area contributed by atoms with Gasteiger partial charge in [0.1, 0.15) is 10.6 Å². The van der Waals surface area contributed by atoms with Crippen molar-refractivity contribution in [1.29, 1.82) is 0 Å².